The van der Waals surface area contributed by atoms with Gasteiger partial charge in [0.15, 0.2) is 6.10 Å². The second-order valence-corrected chi connectivity index (χ2v) is 5.81. The van der Waals surface area contributed by atoms with Crippen molar-refractivity contribution in [3.63, 3.8) is 0 Å². The Morgan fingerprint density at radius 3 is 2.44 bits per heavy atom. The number of benzene rings is 1. The number of hydrogen-bond donors (Lipinski definition) is 2. The molecular formula is C19H25N3O3. The van der Waals surface area contributed by atoms with Crippen molar-refractivity contribution in [2.75, 3.05) is 6.61 Å². The number of hydrogen-bond acceptors (Lipinski definition) is 4. The maximum atomic E-state index is 12.2. The molecule has 0 aliphatic carbocycles. The molecular weight excluding hydrogens is 318 g/mol. The Bertz CT molecular complexity index is 728. The van der Waals surface area contributed by atoms with E-state index in [9.17, 15) is 4.79 Å². The molecule has 0 radical (unpaired) electrons. The molecule has 134 valence electrons. The van der Waals surface area contributed by atoms with Gasteiger partial charge in [-0.2, -0.15) is 5.10 Å². The topological polar surface area (TPSA) is 75.7 Å². The SMILES string of the molecule is CCOc1ccc(O[C@H](C)C(=O)N/N=C(\C)c2c(C)c[nH]c2C)cc1. The van der Waals surface area contributed by atoms with Gasteiger partial charge in [0.25, 0.3) is 5.91 Å². The van der Waals surface area contributed by atoms with Crippen LogP contribution in [0.3, 0.4) is 0 Å². The zero-order valence-electron chi connectivity index (χ0n) is 15.3. The predicted molar refractivity (Wildman–Crippen MR) is 98.3 cm³/mol. The van der Waals surface area contributed by atoms with E-state index in [0.29, 0.717) is 12.4 Å². The highest BCUT2D eigenvalue weighted by Gasteiger charge is 2.15. The zero-order valence-corrected chi connectivity index (χ0v) is 15.3. The number of aromatic nitrogens is 1. The smallest absolute Gasteiger partial charge is 0.280 e. The van der Waals surface area contributed by atoms with Crippen LogP contribution in [0.1, 0.15) is 37.6 Å². The highest BCUT2D eigenvalue weighted by atomic mass is 16.5. The molecule has 6 nitrogen and oxygen atoms in total. The summed E-state index contributed by atoms with van der Waals surface area (Å²) in [5.41, 5.74) is 6.43. The van der Waals surface area contributed by atoms with E-state index in [1.54, 1.807) is 19.1 Å². The van der Waals surface area contributed by atoms with Crippen LogP contribution in [0.2, 0.25) is 0 Å². The number of aryl methyl sites for hydroxylation is 2. The van der Waals surface area contributed by atoms with Crippen LogP contribution in [0.5, 0.6) is 11.5 Å². The first kappa shape index (κ1) is 18.6. The molecule has 0 bridgehead atoms. The number of rotatable bonds is 7. The van der Waals surface area contributed by atoms with Gasteiger partial charge in [-0.1, -0.05) is 0 Å². The quantitative estimate of drug-likeness (QED) is 0.598. The lowest BCUT2D eigenvalue weighted by Crippen LogP contribution is -2.34. The summed E-state index contributed by atoms with van der Waals surface area (Å²) in [6.07, 6.45) is 1.26. The molecule has 1 aromatic carbocycles. The average Bonchev–Trinajstić information content (AvgIpc) is 2.93. The van der Waals surface area contributed by atoms with E-state index < -0.39 is 6.10 Å². The maximum absolute atomic E-state index is 12.2. The molecule has 2 N–H and O–H groups in total. The Labute approximate surface area is 148 Å². The van der Waals surface area contributed by atoms with E-state index in [2.05, 4.69) is 15.5 Å². The number of H-pyrrole nitrogens is 1. The van der Waals surface area contributed by atoms with E-state index in [1.165, 1.54) is 0 Å². The number of hydrazone groups is 1. The van der Waals surface area contributed by atoms with Gasteiger partial charge in [-0.3, -0.25) is 4.79 Å². The fourth-order valence-corrected chi connectivity index (χ4v) is 2.54. The van der Waals surface area contributed by atoms with Crippen molar-refractivity contribution in [1.29, 1.82) is 0 Å². The van der Waals surface area contributed by atoms with E-state index in [-0.39, 0.29) is 5.91 Å². The van der Waals surface area contributed by atoms with Gasteiger partial charge in [0.1, 0.15) is 11.5 Å². The number of amides is 1. The average molecular weight is 343 g/mol. The molecule has 0 saturated heterocycles. The maximum Gasteiger partial charge on any atom is 0.280 e. The molecule has 2 aromatic rings. The van der Waals surface area contributed by atoms with Crippen molar-refractivity contribution in [1.82, 2.24) is 10.4 Å². The highest BCUT2D eigenvalue weighted by molar-refractivity contribution is 6.01. The molecule has 1 amide bonds. The molecule has 0 spiro atoms. The first-order chi connectivity index (χ1) is 11.9. The van der Waals surface area contributed by atoms with Gasteiger partial charge < -0.3 is 14.5 Å². The molecule has 1 atom stereocenters. The minimum absolute atomic E-state index is 0.306. The summed E-state index contributed by atoms with van der Waals surface area (Å²) < 4.78 is 11.0. The molecule has 6 heteroatoms. The lowest BCUT2D eigenvalue weighted by Gasteiger charge is -2.14. The van der Waals surface area contributed by atoms with Gasteiger partial charge in [-0.05, 0) is 64.4 Å². The van der Waals surface area contributed by atoms with Crippen LogP contribution in [0.4, 0.5) is 0 Å². The van der Waals surface area contributed by atoms with Crippen LogP contribution in [-0.2, 0) is 4.79 Å². The number of carbonyl (C=O) groups is 1. The number of nitrogens with one attached hydrogen (secondary N) is 2. The summed E-state index contributed by atoms with van der Waals surface area (Å²) in [5.74, 6) is 1.06. The van der Waals surface area contributed by atoms with Crippen LogP contribution in [0, 0.1) is 13.8 Å². The minimum atomic E-state index is -0.664. The second-order valence-electron chi connectivity index (χ2n) is 5.81. The van der Waals surface area contributed by atoms with Crippen LogP contribution in [0.15, 0.2) is 35.6 Å². The summed E-state index contributed by atoms with van der Waals surface area (Å²) >= 11 is 0. The number of carbonyl (C=O) groups excluding carboxylic acids is 1. The Kier molecular flexibility index (Phi) is 6.22. The molecule has 25 heavy (non-hydrogen) atoms. The molecule has 0 aliphatic rings. The summed E-state index contributed by atoms with van der Waals surface area (Å²) in [7, 11) is 0. The van der Waals surface area contributed by atoms with Gasteiger partial charge in [0.2, 0.25) is 0 Å². The summed E-state index contributed by atoms with van der Waals surface area (Å²) in [5, 5.41) is 4.19. The molecule has 0 saturated carbocycles. The van der Waals surface area contributed by atoms with Gasteiger partial charge in [0.05, 0.1) is 12.3 Å². The predicted octanol–water partition coefficient (Wildman–Crippen LogP) is 3.34. The summed E-state index contributed by atoms with van der Waals surface area (Å²) in [4.78, 5) is 15.3. The van der Waals surface area contributed by atoms with Crippen LogP contribution in [0.25, 0.3) is 0 Å². The van der Waals surface area contributed by atoms with Crippen molar-refractivity contribution in [3.05, 3.63) is 47.3 Å². The van der Waals surface area contributed by atoms with Gasteiger partial charge in [-0.15, -0.1) is 0 Å². The molecule has 0 fully saturated rings. The van der Waals surface area contributed by atoms with E-state index in [4.69, 9.17) is 9.47 Å². The summed E-state index contributed by atoms with van der Waals surface area (Å²) in [6, 6.07) is 7.16. The van der Waals surface area contributed by atoms with E-state index in [1.807, 2.05) is 46.0 Å². The Hall–Kier alpha value is -2.76. The third kappa shape index (κ3) is 4.86. The first-order valence-electron chi connectivity index (χ1n) is 8.31. The molecule has 1 aromatic heterocycles. The fraction of sp³-hybridized carbons (Fsp3) is 0.368. The summed E-state index contributed by atoms with van der Waals surface area (Å²) in [6.45, 7) is 10.1. The monoisotopic (exact) mass is 343 g/mol. The molecule has 0 aliphatic heterocycles. The van der Waals surface area contributed by atoms with Gasteiger partial charge in [0, 0.05) is 17.5 Å². The lowest BCUT2D eigenvalue weighted by molar-refractivity contribution is -0.127. The van der Waals surface area contributed by atoms with Crippen LogP contribution < -0.4 is 14.9 Å². The van der Waals surface area contributed by atoms with Gasteiger partial charge in [-0.25, -0.2) is 5.43 Å². The molecule has 0 unspecified atom stereocenters. The van der Waals surface area contributed by atoms with Gasteiger partial charge >= 0.3 is 0 Å². The molecule has 2 rings (SSSR count). The normalized spacial score (nSPS) is 12.6. The number of aromatic amines is 1. The van der Waals surface area contributed by atoms with Crippen LogP contribution in [-0.4, -0.2) is 29.3 Å². The van der Waals surface area contributed by atoms with Crippen molar-refractivity contribution in [2.24, 2.45) is 5.10 Å². The third-order valence-electron chi connectivity index (χ3n) is 3.79. The number of nitrogens with zero attached hydrogens (tertiary/aromatic N) is 1. The Morgan fingerprint density at radius 2 is 1.88 bits per heavy atom. The van der Waals surface area contributed by atoms with Crippen molar-refractivity contribution in [2.45, 2.75) is 40.7 Å². The fourth-order valence-electron chi connectivity index (χ4n) is 2.54. The number of ether oxygens (including phenoxy) is 2. The standard InChI is InChI=1S/C19H25N3O3/c1-6-24-16-7-9-17(10-8-16)25-15(5)19(23)22-21-14(4)18-12(2)11-20-13(18)3/h7-11,15,20H,6H2,1-5H3,(H,22,23)/b21-14+/t15-/m1/s1. The molecule has 1 heterocycles. The largest absolute Gasteiger partial charge is 0.494 e. The third-order valence-corrected chi connectivity index (χ3v) is 3.79. The first-order valence-corrected chi connectivity index (χ1v) is 8.31. The van der Waals surface area contributed by atoms with E-state index in [0.717, 1.165) is 28.3 Å². The van der Waals surface area contributed by atoms with Crippen molar-refractivity contribution >= 4 is 11.6 Å². The highest BCUT2D eigenvalue weighted by Crippen LogP contribution is 2.18. The van der Waals surface area contributed by atoms with Crippen molar-refractivity contribution in [3.8, 4) is 11.5 Å². The lowest BCUT2D eigenvalue weighted by atomic mass is 10.1. The zero-order chi connectivity index (χ0) is 18.4. The Morgan fingerprint density at radius 1 is 1.24 bits per heavy atom. The van der Waals surface area contributed by atoms with Crippen LogP contribution >= 0.6 is 0 Å². The second kappa shape index (κ2) is 8.37. The van der Waals surface area contributed by atoms with Crippen molar-refractivity contribution < 1.29 is 14.3 Å². The van der Waals surface area contributed by atoms with E-state index >= 15 is 0 Å². The minimum Gasteiger partial charge on any atom is -0.494 e. The Balaban J connectivity index is 1.94.